The van der Waals surface area contributed by atoms with Crippen molar-refractivity contribution in [1.29, 1.82) is 0 Å². The molecule has 0 fully saturated rings. The van der Waals surface area contributed by atoms with Crippen LogP contribution in [-0.4, -0.2) is 29.8 Å². The summed E-state index contributed by atoms with van der Waals surface area (Å²) in [5.74, 6) is -1.02. The zero-order valence-corrected chi connectivity index (χ0v) is 9.28. The molecule has 15 heavy (non-hydrogen) atoms. The van der Waals surface area contributed by atoms with Crippen molar-refractivity contribution >= 4 is 12.1 Å². The summed E-state index contributed by atoms with van der Waals surface area (Å²) in [6.45, 7) is 4.18. The van der Waals surface area contributed by atoms with Gasteiger partial charge in [0.05, 0.1) is 6.61 Å². The van der Waals surface area contributed by atoms with E-state index in [1.54, 1.807) is 0 Å². The number of aliphatic carboxylic acids is 1. The molecule has 0 aliphatic heterocycles. The summed E-state index contributed by atoms with van der Waals surface area (Å²) < 4.78 is 4.80. The highest BCUT2D eigenvalue weighted by Gasteiger charge is 2.18. The predicted molar refractivity (Wildman–Crippen MR) is 55.7 cm³/mol. The van der Waals surface area contributed by atoms with Gasteiger partial charge in [-0.15, -0.1) is 0 Å². The molecule has 0 saturated heterocycles. The summed E-state index contributed by atoms with van der Waals surface area (Å²) in [5.41, 5.74) is 0. The van der Waals surface area contributed by atoms with Crippen LogP contribution in [0.5, 0.6) is 0 Å². The molecule has 0 aliphatic rings. The Morgan fingerprint density at radius 3 is 2.47 bits per heavy atom. The molecule has 2 N–H and O–H groups in total. The quantitative estimate of drug-likeness (QED) is 0.637. The van der Waals surface area contributed by atoms with Crippen LogP contribution in [0.2, 0.25) is 0 Å². The Bertz CT molecular complexity index is 206. The van der Waals surface area contributed by atoms with Crippen molar-refractivity contribution in [3.8, 4) is 0 Å². The zero-order chi connectivity index (χ0) is 11.7. The van der Waals surface area contributed by atoms with E-state index in [0.29, 0.717) is 19.4 Å². The number of hydrogen-bond donors (Lipinski definition) is 2. The number of amides is 1. The predicted octanol–water partition coefficient (Wildman–Crippen LogP) is 1.77. The van der Waals surface area contributed by atoms with Crippen molar-refractivity contribution in [2.75, 3.05) is 6.61 Å². The van der Waals surface area contributed by atoms with E-state index in [4.69, 9.17) is 9.84 Å². The first-order valence-electron chi connectivity index (χ1n) is 5.27. The first-order chi connectivity index (χ1) is 7.11. The van der Waals surface area contributed by atoms with Crippen LogP contribution in [0.15, 0.2) is 0 Å². The molecular formula is C10H19NO4. The molecule has 1 unspecified atom stereocenters. The number of carboxylic acids is 1. The second kappa shape index (κ2) is 8.08. The number of carbonyl (C=O) groups is 2. The van der Waals surface area contributed by atoms with Crippen molar-refractivity contribution in [2.45, 2.75) is 45.6 Å². The van der Waals surface area contributed by atoms with Crippen LogP contribution in [0.4, 0.5) is 4.79 Å². The van der Waals surface area contributed by atoms with Crippen LogP contribution in [0.3, 0.4) is 0 Å². The van der Waals surface area contributed by atoms with E-state index in [1.807, 2.05) is 13.8 Å². The molecule has 88 valence electrons. The summed E-state index contributed by atoms with van der Waals surface area (Å²) in [5, 5.41) is 11.1. The van der Waals surface area contributed by atoms with Crippen LogP contribution >= 0.6 is 0 Å². The highest BCUT2D eigenvalue weighted by molar-refractivity contribution is 5.79. The van der Waals surface area contributed by atoms with E-state index < -0.39 is 18.1 Å². The average Bonchev–Trinajstić information content (AvgIpc) is 2.17. The minimum Gasteiger partial charge on any atom is -0.480 e. The minimum absolute atomic E-state index is 0.334. The normalized spacial score (nSPS) is 11.9. The van der Waals surface area contributed by atoms with Crippen molar-refractivity contribution < 1.29 is 19.4 Å². The molecule has 5 nitrogen and oxygen atoms in total. The maximum atomic E-state index is 11.1. The number of ether oxygens (including phenoxy) is 1. The van der Waals surface area contributed by atoms with E-state index in [9.17, 15) is 9.59 Å². The van der Waals surface area contributed by atoms with E-state index >= 15 is 0 Å². The summed E-state index contributed by atoms with van der Waals surface area (Å²) in [6.07, 6.45) is 2.19. The van der Waals surface area contributed by atoms with Gasteiger partial charge in [0.1, 0.15) is 6.04 Å². The minimum atomic E-state index is -1.02. The van der Waals surface area contributed by atoms with Gasteiger partial charge in [0.15, 0.2) is 0 Å². The first-order valence-corrected chi connectivity index (χ1v) is 5.27. The van der Waals surface area contributed by atoms with Gasteiger partial charge >= 0.3 is 12.1 Å². The molecule has 0 saturated carbocycles. The Labute approximate surface area is 89.8 Å². The fourth-order valence-electron chi connectivity index (χ4n) is 1.04. The lowest BCUT2D eigenvalue weighted by molar-refractivity contribution is -0.139. The van der Waals surface area contributed by atoms with Gasteiger partial charge in [0, 0.05) is 0 Å². The lowest BCUT2D eigenvalue weighted by Crippen LogP contribution is -2.41. The lowest BCUT2D eigenvalue weighted by Gasteiger charge is -2.13. The molecule has 0 aromatic carbocycles. The molecular weight excluding hydrogens is 198 g/mol. The van der Waals surface area contributed by atoms with Crippen LogP contribution < -0.4 is 5.32 Å². The summed E-state index contributed by atoms with van der Waals surface area (Å²) in [4.78, 5) is 21.8. The largest absolute Gasteiger partial charge is 0.480 e. The molecule has 0 rings (SSSR count). The molecule has 1 amide bonds. The van der Waals surface area contributed by atoms with Gasteiger partial charge in [-0.3, -0.25) is 0 Å². The van der Waals surface area contributed by atoms with Crippen molar-refractivity contribution in [2.24, 2.45) is 0 Å². The molecule has 0 spiro atoms. The third-order valence-electron chi connectivity index (χ3n) is 1.90. The van der Waals surface area contributed by atoms with E-state index in [0.717, 1.165) is 12.8 Å². The molecule has 0 bridgehead atoms. The van der Waals surface area contributed by atoms with Crippen LogP contribution in [0, 0.1) is 0 Å². The van der Waals surface area contributed by atoms with Crippen LogP contribution in [-0.2, 0) is 9.53 Å². The lowest BCUT2D eigenvalue weighted by atomic mass is 10.2. The van der Waals surface area contributed by atoms with Crippen LogP contribution in [0.1, 0.15) is 39.5 Å². The van der Waals surface area contributed by atoms with E-state index in [2.05, 4.69) is 5.32 Å². The molecule has 0 aromatic heterocycles. The van der Waals surface area contributed by atoms with Gasteiger partial charge in [0.25, 0.3) is 0 Å². The smallest absolute Gasteiger partial charge is 0.407 e. The first kappa shape index (κ1) is 13.7. The summed E-state index contributed by atoms with van der Waals surface area (Å²) in [7, 11) is 0. The molecule has 5 heteroatoms. The fraction of sp³-hybridized carbons (Fsp3) is 0.800. The Morgan fingerprint density at radius 1 is 1.33 bits per heavy atom. The average molecular weight is 217 g/mol. The second-order valence-corrected chi connectivity index (χ2v) is 3.31. The van der Waals surface area contributed by atoms with Gasteiger partial charge in [-0.1, -0.05) is 26.7 Å². The van der Waals surface area contributed by atoms with E-state index in [-0.39, 0.29) is 0 Å². The number of unbranched alkanes of at least 4 members (excludes halogenated alkanes) is 1. The fourth-order valence-corrected chi connectivity index (χ4v) is 1.04. The Balaban J connectivity index is 3.84. The number of hydrogen-bond acceptors (Lipinski definition) is 3. The number of carboxylic acid groups (broad SMARTS) is 1. The van der Waals surface area contributed by atoms with Crippen molar-refractivity contribution in [3.63, 3.8) is 0 Å². The topological polar surface area (TPSA) is 75.6 Å². The van der Waals surface area contributed by atoms with Gasteiger partial charge in [-0.25, -0.2) is 9.59 Å². The number of nitrogens with one attached hydrogen (secondary N) is 1. The third kappa shape index (κ3) is 6.76. The summed E-state index contributed by atoms with van der Waals surface area (Å²) >= 11 is 0. The molecule has 0 aromatic rings. The van der Waals surface area contributed by atoms with Crippen molar-refractivity contribution in [3.05, 3.63) is 0 Å². The van der Waals surface area contributed by atoms with E-state index in [1.165, 1.54) is 0 Å². The van der Waals surface area contributed by atoms with Crippen LogP contribution in [0.25, 0.3) is 0 Å². The SMILES string of the molecule is CCCCOC(=O)NC(CCC)C(=O)O. The maximum Gasteiger partial charge on any atom is 0.407 e. The van der Waals surface area contributed by atoms with Gasteiger partial charge in [0.2, 0.25) is 0 Å². The summed E-state index contributed by atoms with van der Waals surface area (Å²) in [6, 6.07) is -0.843. The standard InChI is InChI=1S/C10H19NO4/c1-3-5-7-15-10(14)11-8(6-4-2)9(12)13/h8H,3-7H2,1-2H3,(H,11,14)(H,12,13). The molecule has 1 atom stereocenters. The maximum absolute atomic E-state index is 11.1. The Kier molecular flexibility index (Phi) is 7.40. The Morgan fingerprint density at radius 2 is 2.00 bits per heavy atom. The number of rotatable bonds is 7. The molecule has 0 heterocycles. The van der Waals surface area contributed by atoms with Gasteiger partial charge in [-0.2, -0.15) is 0 Å². The van der Waals surface area contributed by atoms with Gasteiger partial charge < -0.3 is 15.2 Å². The third-order valence-corrected chi connectivity index (χ3v) is 1.90. The highest BCUT2D eigenvalue weighted by atomic mass is 16.5. The Hall–Kier alpha value is -1.26. The number of alkyl carbamates (subject to hydrolysis) is 1. The monoisotopic (exact) mass is 217 g/mol. The van der Waals surface area contributed by atoms with Gasteiger partial charge in [-0.05, 0) is 12.8 Å². The molecule has 0 aliphatic carbocycles. The van der Waals surface area contributed by atoms with Crippen molar-refractivity contribution in [1.82, 2.24) is 5.32 Å². The number of carbonyl (C=O) groups excluding carboxylic acids is 1. The highest BCUT2D eigenvalue weighted by Crippen LogP contribution is 1.98. The molecule has 0 radical (unpaired) electrons. The zero-order valence-electron chi connectivity index (χ0n) is 9.28. The second-order valence-electron chi connectivity index (χ2n) is 3.31.